The lowest BCUT2D eigenvalue weighted by molar-refractivity contribution is 0.152. The normalized spacial score (nSPS) is 11.2. The van der Waals surface area contributed by atoms with Crippen LogP contribution in [0, 0.1) is 5.82 Å². The molecule has 0 unspecified atom stereocenters. The maximum Gasteiger partial charge on any atom is 0.219 e. The van der Waals surface area contributed by atoms with E-state index in [2.05, 4.69) is 20.6 Å². The second-order valence-electron chi connectivity index (χ2n) is 5.11. The summed E-state index contributed by atoms with van der Waals surface area (Å²) in [5.74, 6) is 1.37. The highest BCUT2D eigenvalue weighted by Crippen LogP contribution is 2.20. The lowest BCUT2D eigenvalue weighted by atomic mass is 10.2. The van der Waals surface area contributed by atoms with E-state index < -0.39 is 0 Å². The second-order valence-corrected chi connectivity index (χ2v) is 5.11. The van der Waals surface area contributed by atoms with Crippen LogP contribution < -0.4 is 15.4 Å². The molecule has 0 saturated carbocycles. The van der Waals surface area contributed by atoms with Gasteiger partial charge in [0, 0.05) is 39.0 Å². The number of ether oxygens (including phenoxy) is 2. The first-order valence-corrected chi connectivity index (χ1v) is 8.12. The quantitative estimate of drug-likeness (QED) is 0.437. The standard InChI is InChI=1S/C18H23FN4O2/c1-3-24-11-10-22-18(20-2)23-13-14-8-9-21-17(12-14)25-16-6-4-15(19)5-7-16/h4-9,12H,3,10-11,13H2,1-2H3,(H2,20,22,23). The summed E-state index contributed by atoms with van der Waals surface area (Å²) in [5.41, 5.74) is 0.986. The molecule has 1 aromatic carbocycles. The van der Waals surface area contributed by atoms with E-state index in [1.807, 2.05) is 19.1 Å². The zero-order valence-electron chi connectivity index (χ0n) is 14.5. The molecule has 1 heterocycles. The van der Waals surface area contributed by atoms with Crippen LogP contribution in [0.2, 0.25) is 0 Å². The number of rotatable bonds is 8. The molecule has 0 spiro atoms. The Hall–Kier alpha value is -2.67. The summed E-state index contributed by atoms with van der Waals surface area (Å²) in [7, 11) is 1.71. The maximum atomic E-state index is 12.9. The SMILES string of the molecule is CCOCCNC(=NC)NCc1ccnc(Oc2ccc(F)cc2)c1. The first-order chi connectivity index (χ1) is 12.2. The second kappa shape index (κ2) is 10.2. The molecular formula is C18H23FN4O2. The van der Waals surface area contributed by atoms with E-state index in [4.69, 9.17) is 9.47 Å². The Bertz CT molecular complexity index is 677. The van der Waals surface area contributed by atoms with Gasteiger partial charge in [0.2, 0.25) is 5.88 Å². The van der Waals surface area contributed by atoms with Crippen molar-refractivity contribution in [3.8, 4) is 11.6 Å². The minimum atomic E-state index is -0.304. The number of nitrogens with one attached hydrogen (secondary N) is 2. The van der Waals surface area contributed by atoms with Gasteiger partial charge in [-0.05, 0) is 42.8 Å². The van der Waals surface area contributed by atoms with Crippen molar-refractivity contribution in [1.82, 2.24) is 15.6 Å². The summed E-state index contributed by atoms with van der Waals surface area (Å²) in [4.78, 5) is 8.32. The molecule has 2 N–H and O–H groups in total. The maximum absolute atomic E-state index is 12.9. The third kappa shape index (κ3) is 6.76. The van der Waals surface area contributed by atoms with Crippen LogP contribution in [-0.2, 0) is 11.3 Å². The summed E-state index contributed by atoms with van der Waals surface area (Å²) in [6, 6.07) is 9.53. The highest BCUT2D eigenvalue weighted by atomic mass is 19.1. The zero-order chi connectivity index (χ0) is 17.9. The number of pyridine rings is 1. The lowest BCUT2D eigenvalue weighted by Gasteiger charge is -2.12. The van der Waals surface area contributed by atoms with Gasteiger partial charge in [-0.25, -0.2) is 9.37 Å². The van der Waals surface area contributed by atoms with E-state index in [1.54, 1.807) is 25.4 Å². The number of halogens is 1. The Morgan fingerprint density at radius 2 is 2.00 bits per heavy atom. The van der Waals surface area contributed by atoms with Gasteiger partial charge in [0.25, 0.3) is 0 Å². The van der Waals surface area contributed by atoms with Crippen molar-refractivity contribution in [2.75, 3.05) is 26.8 Å². The third-order valence-corrected chi connectivity index (χ3v) is 3.26. The number of nitrogens with zero attached hydrogens (tertiary/aromatic N) is 2. The van der Waals surface area contributed by atoms with Crippen molar-refractivity contribution in [1.29, 1.82) is 0 Å². The molecule has 7 heteroatoms. The Morgan fingerprint density at radius 1 is 1.20 bits per heavy atom. The van der Waals surface area contributed by atoms with Crippen molar-refractivity contribution >= 4 is 5.96 Å². The van der Waals surface area contributed by atoms with Crippen LogP contribution in [0.25, 0.3) is 0 Å². The molecule has 1 aromatic heterocycles. The van der Waals surface area contributed by atoms with Crippen molar-refractivity contribution < 1.29 is 13.9 Å². The first kappa shape index (κ1) is 18.7. The molecule has 134 valence electrons. The van der Waals surface area contributed by atoms with Crippen LogP contribution in [0.4, 0.5) is 4.39 Å². The molecule has 2 aromatic rings. The monoisotopic (exact) mass is 346 g/mol. The number of hydrogen-bond acceptors (Lipinski definition) is 4. The average molecular weight is 346 g/mol. The first-order valence-electron chi connectivity index (χ1n) is 8.12. The fourth-order valence-electron chi connectivity index (χ4n) is 2.03. The van der Waals surface area contributed by atoms with Gasteiger partial charge in [0.15, 0.2) is 5.96 Å². The number of aliphatic imine (C=N–C) groups is 1. The Kier molecular flexibility index (Phi) is 7.65. The highest BCUT2D eigenvalue weighted by Gasteiger charge is 2.03. The predicted molar refractivity (Wildman–Crippen MR) is 95.4 cm³/mol. The molecule has 0 aliphatic carbocycles. The van der Waals surface area contributed by atoms with Gasteiger partial charge in [-0.1, -0.05) is 0 Å². The predicted octanol–water partition coefficient (Wildman–Crippen LogP) is 2.71. The fourth-order valence-corrected chi connectivity index (χ4v) is 2.03. The van der Waals surface area contributed by atoms with Crippen LogP contribution in [0.1, 0.15) is 12.5 Å². The van der Waals surface area contributed by atoms with Crippen molar-refractivity contribution in [3.63, 3.8) is 0 Å². The molecule has 2 rings (SSSR count). The van der Waals surface area contributed by atoms with Gasteiger partial charge < -0.3 is 20.1 Å². The average Bonchev–Trinajstić information content (AvgIpc) is 2.63. The van der Waals surface area contributed by atoms with Gasteiger partial charge >= 0.3 is 0 Å². The van der Waals surface area contributed by atoms with Crippen molar-refractivity contribution in [3.05, 3.63) is 54.0 Å². The molecule has 0 fully saturated rings. The van der Waals surface area contributed by atoms with Gasteiger partial charge in [-0.15, -0.1) is 0 Å². The van der Waals surface area contributed by atoms with Gasteiger partial charge in [-0.3, -0.25) is 4.99 Å². The fraction of sp³-hybridized carbons (Fsp3) is 0.333. The van der Waals surface area contributed by atoms with E-state index >= 15 is 0 Å². The molecule has 0 aliphatic rings. The highest BCUT2D eigenvalue weighted by molar-refractivity contribution is 5.79. The van der Waals surface area contributed by atoms with E-state index in [0.29, 0.717) is 43.9 Å². The van der Waals surface area contributed by atoms with Crippen molar-refractivity contribution in [2.45, 2.75) is 13.5 Å². The van der Waals surface area contributed by atoms with E-state index in [1.165, 1.54) is 12.1 Å². The molecular weight excluding hydrogens is 323 g/mol. The minimum absolute atomic E-state index is 0.304. The largest absolute Gasteiger partial charge is 0.439 e. The van der Waals surface area contributed by atoms with Crippen molar-refractivity contribution in [2.24, 2.45) is 4.99 Å². The van der Waals surface area contributed by atoms with Gasteiger partial charge in [-0.2, -0.15) is 0 Å². The van der Waals surface area contributed by atoms with Gasteiger partial charge in [0.1, 0.15) is 11.6 Å². The molecule has 0 amide bonds. The molecule has 25 heavy (non-hydrogen) atoms. The number of benzene rings is 1. The number of hydrogen-bond donors (Lipinski definition) is 2. The van der Waals surface area contributed by atoms with E-state index in [9.17, 15) is 4.39 Å². The Balaban J connectivity index is 1.86. The molecule has 0 radical (unpaired) electrons. The summed E-state index contributed by atoms with van der Waals surface area (Å²) >= 11 is 0. The van der Waals surface area contributed by atoms with E-state index in [-0.39, 0.29) is 5.82 Å². The number of guanidine groups is 1. The van der Waals surface area contributed by atoms with Crippen LogP contribution >= 0.6 is 0 Å². The Morgan fingerprint density at radius 3 is 2.72 bits per heavy atom. The summed E-state index contributed by atoms with van der Waals surface area (Å²) in [6.07, 6.45) is 1.67. The molecule has 0 atom stereocenters. The minimum Gasteiger partial charge on any atom is -0.439 e. The number of aromatic nitrogens is 1. The van der Waals surface area contributed by atoms with Crippen LogP contribution in [0.5, 0.6) is 11.6 Å². The third-order valence-electron chi connectivity index (χ3n) is 3.26. The smallest absolute Gasteiger partial charge is 0.219 e. The molecule has 0 aliphatic heterocycles. The van der Waals surface area contributed by atoms with E-state index in [0.717, 1.165) is 5.56 Å². The summed E-state index contributed by atoms with van der Waals surface area (Å²) in [5, 5.41) is 6.38. The van der Waals surface area contributed by atoms with Gasteiger partial charge in [0.05, 0.1) is 6.61 Å². The Labute approximate surface area is 147 Å². The molecule has 6 nitrogen and oxygen atoms in total. The zero-order valence-corrected chi connectivity index (χ0v) is 14.5. The van der Waals surface area contributed by atoms with Crippen LogP contribution in [0.15, 0.2) is 47.6 Å². The van der Waals surface area contributed by atoms with Crippen LogP contribution in [-0.4, -0.2) is 37.7 Å². The lowest BCUT2D eigenvalue weighted by Crippen LogP contribution is -2.38. The topological polar surface area (TPSA) is 67.8 Å². The summed E-state index contributed by atoms with van der Waals surface area (Å²) in [6.45, 7) is 4.53. The molecule has 0 bridgehead atoms. The molecule has 0 saturated heterocycles. The summed E-state index contributed by atoms with van der Waals surface area (Å²) < 4.78 is 23.8. The van der Waals surface area contributed by atoms with Crippen LogP contribution in [0.3, 0.4) is 0 Å².